The number of ether oxygens (including phenoxy) is 2. The number of carbonyl (C=O) groups is 2. The van der Waals surface area contributed by atoms with Gasteiger partial charge in [-0.25, -0.2) is 0 Å². The molecule has 0 bridgehead atoms. The Bertz CT molecular complexity index is 1170. The average molecular weight is 447 g/mol. The Morgan fingerprint density at radius 2 is 1.67 bits per heavy atom. The van der Waals surface area contributed by atoms with Crippen LogP contribution in [-0.2, 0) is 11.3 Å². The molecule has 0 spiro atoms. The maximum atomic E-state index is 12.7. The highest BCUT2D eigenvalue weighted by Crippen LogP contribution is 2.30. The number of anilines is 3. The number of amides is 2. The second kappa shape index (κ2) is 10.7. The molecule has 0 fully saturated rings. The van der Waals surface area contributed by atoms with Crippen LogP contribution in [0.25, 0.3) is 6.08 Å². The Morgan fingerprint density at radius 3 is 2.33 bits per heavy atom. The molecule has 0 aliphatic heterocycles. The lowest BCUT2D eigenvalue weighted by Gasteiger charge is -2.12. The van der Waals surface area contributed by atoms with E-state index in [4.69, 9.17) is 20.9 Å². The largest absolute Gasteiger partial charge is 0.493 e. The maximum absolute atomic E-state index is 12.7. The van der Waals surface area contributed by atoms with Crippen molar-refractivity contribution in [3.8, 4) is 11.5 Å². The van der Waals surface area contributed by atoms with Crippen LogP contribution in [0, 0.1) is 0 Å². The number of nitrogens with one attached hydrogen (secondary N) is 2. The van der Waals surface area contributed by atoms with Gasteiger partial charge in [0.1, 0.15) is 0 Å². The Morgan fingerprint density at radius 1 is 0.939 bits per heavy atom. The highest BCUT2D eigenvalue weighted by Gasteiger charge is 2.09. The van der Waals surface area contributed by atoms with Crippen molar-refractivity contribution in [3.63, 3.8) is 0 Å². The predicted octanol–water partition coefficient (Wildman–Crippen LogP) is 3.65. The van der Waals surface area contributed by atoms with Gasteiger partial charge in [0.15, 0.2) is 11.5 Å². The zero-order valence-corrected chi connectivity index (χ0v) is 18.4. The lowest BCUT2D eigenvalue weighted by atomic mass is 10.1. The summed E-state index contributed by atoms with van der Waals surface area (Å²) in [6.07, 6.45) is 2.80. The molecule has 0 atom stereocenters. The van der Waals surface area contributed by atoms with Gasteiger partial charge in [0.05, 0.1) is 25.6 Å². The molecule has 0 saturated heterocycles. The third-order valence-corrected chi connectivity index (χ3v) is 4.86. The lowest BCUT2D eigenvalue weighted by molar-refractivity contribution is -0.113. The number of hydrogen-bond donors (Lipinski definition) is 4. The first-order valence-electron chi connectivity index (χ1n) is 10.1. The van der Waals surface area contributed by atoms with Crippen molar-refractivity contribution in [3.05, 3.63) is 83.4 Å². The van der Waals surface area contributed by atoms with E-state index in [-0.39, 0.29) is 5.91 Å². The van der Waals surface area contributed by atoms with E-state index >= 15 is 0 Å². The van der Waals surface area contributed by atoms with Crippen molar-refractivity contribution in [1.82, 2.24) is 0 Å². The van der Waals surface area contributed by atoms with Crippen LogP contribution in [0.3, 0.4) is 0 Å². The zero-order chi connectivity index (χ0) is 23.8. The summed E-state index contributed by atoms with van der Waals surface area (Å²) in [6.45, 7) is 0.568. The van der Waals surface area contributed by atoms with E-state index in [0.29, 0.717) is 40.5 Å². The van der Waals surface area contributed by atoms with Crippen molar-refractivity contribution < 1.29 is 19.1 Å². The standard InChI is InChI=1S/C25H26N4O4/c1-32-22-11-9-19(14-23(22)33-2)28-15-17-3-7-18(8-4-17)25(31)29-21-13-16(5-10-20(21)26)6-12-24(27)30/h3-14,28H,15,26H2,1-2H3,(H2,27,30)(H,29,31). The van der Waals surface area contributed by atoms with E-state index in [0.717, 1.165) is 11.3 Å². The monoisotopic (exact) mass is 446 g/mol. The van der Waals surface area contributed by atoms with E-state index in [1.165, 1.54) is 6.08 Å². The molecule has 2 amide bonds. The third kappa shape index (κ3) is 6.27. The minimum Gasteiger partial charge on any atom is -0.493 e. The van der Waals surface area contributed by atoms with Gasteiger partial charge in [0, 0.05) is 29.9 Å². The molecule has 3 aromatic carbocycles. The van der Waals surface area contributed by atoms with E-state index in [1.54, 1.807) is 50.6 Å². The fourth-order valence-electron chi connectivity index (χ4n) is 3.08. The van der Waals surface area contributed by atoms with Crippen molar-refractivity contribution in [2.24, 2.45) is 5.73 Å². The summed E-state index contributed by atoms with van der Waals surface area (Å²) in [5, 5.41) is 6.12. The summed E-state index contributed by atoms with van der Waals surface area (Å²) in [5.74, 6) is 0.451. The molecule has 0 radical (unpaired) electrons. The highest BCUT2D eigenvalue weighted by molar-refractivity contribution is 6.06. The minimum absolute atomic E-state index is 0.294. The van der Waals surface area contributed by atoms with Gasteiger partial charge in [-0.05, 0) is 53.6 Å². The molecule has 3 rings (SSSR count). The first-order valence-corrected chi connectivity index (χ1v) is 10.1. The maximum Gasteiger partial charge on any atom is 0.255 e. The molecular weight excluding hydrogens is 420 g/mol. The van der Waals surface area contributed by atoms with Gasteiger partial charge in [-0.2, -0.15) is 0 Å². The quantitative estimate of drug-likeness (QED) is 0.293. The molecule has 0 aliphatic rings. The molecule has 0 aliphatic carbocycles. The number of hydrogen-bond acceptors (Lipinski definition) is 6. The molecule has 0 heterocycles. The van der Waals surface area contributed by atoms with E-state index in [2.05, 4.69) is 10.6 Å². The van der Waals surface area contributed by atoms with Crippen LogP contribution in [0.2, 0.25) is 0 Å². The fourth-order valence-corrected chi connectivity index (χ4v) is 3.08. The van der Waals surface area contributed by atoms with Gasteiger partial charge in [0.25, 0.3) is 5.91 Å². The van der Waals surface area contributed by atoms with Gasteiger partial charge < -0.3 is 31.6 Å². The molecule has 33 heavy (non-hydrogen) atoms. The number of methoxy groups -OCH3 is 2. The summed E-state index contributed by atoms with van der Waals surface area (Å²) in [7, 11) is 3.18. The second-order valence-corrected chi connectivity index (χ2v) is 7.16. The fraction of sp³-hybridized carbons (Fsp3) is 0.120. The number of nitrogens with two attached hydrogens (primary N) is 2. The number of benzene rings is 3. The van der Waals surface area contributed by atoms with Crippen molar-refractivity contribution in [1.29, 1.82) is 0 Å². The number of nitrogen functional groups attached to an aromatic ring is 1. The molecule has 6 N–H and O–H groups in total. The third-order valence-electron chi connectivity index (χ3n) is 4.86. The van der Waals surface area contributed by atoms with Crippen LogP contribution in [-0.4, -0.2) is 26.0 Å². The van der Waals surface area contributed by atoms with Crippen LogP contribution in [0.1, 0.15) is 21.5 Å². The summed E-state index contributed by atoms with van der Waals surface area (Å²) in [5.41, 5.74) is 15.0. The summed E-state index contributed by atoms with van der Waals surface area (Å²) >= 11 is 0. The Kier molecular flexibility index (Phi) is 7.54. The molecule has 0 unspecified atom stereocenters. The lowest BCUT2D eigenvalue weighted by Crippen LogP contribution is -2.13. The number of rotatable bonds is 9. The normalized spacial score (nSPS) is 10.6. The van der Waals surface area contributed by atoms with Crippen LogP contribution in [0.5, 0.6) is 11.5 Å². The van der Waals surface area contributed by atoms with Crippen LogP contribution < -0.4 is 31.6 Å². The smallest absolute Gasteiger partial charge is 0.255 e. The van der Waals surface area contributed by atoms with Crippen LogP contribution >= 0.6 is 0 Å². The Balaban J connectivity index is 1.64. The SMILES string of the molecule is COc1ccc(NCc2ccc(C(=O)Nc3cc(C=CC(N)=O)ccc3N)cc2)cc1OC. The van der Waals surface area contributed by atoms with Crippen LogP contribution in [0.15, 0.2) is 66.7 Å². The summed E-state index contributed by atoms with van der Waals surface area (Å²) < 4.78 is 10.6. The topological polar surface area (TPSA) is 129 Å². The predicted molar refractivity (Wildman–Crippen MR) is 130 cm³/mol. The second-order valence-electron chi connectivity index (χ2n) is 7.16. The average Bonchev–Trinajstić information content (AvgIpc) is 2.83. The molecule has 8 heteroatoms. The highest BCUT2D eigenvalue weighted by atomic mass is 16.5. The van der Waals surface area contributed by atoms with E-state index < -0.39 is 5.91 Å². The zero-order valence-electron chi connectivity index (χ0n) is 18.4. The molecule has 170 valence electrons. The van der Waals surface area contributed by atoms with Gasteiger partial charge in [-0.3, -0.25) is 9.59 Å². The van der Waals surface area contributed by atoms with E-state index in [9.17, 15) is 9.59 Å². The van der Waals surface area contributed by atoms with Crippen molar-refractivity contribution >= 4 is 35.0 Å². The first kappa shape index (κ1) is 23.2. The summed E-state index contributed by atoms with van der Waals surface area (Å²) in [6, 6.07) is 17.9. The van der Waals surface area contributed by atoms with Crippen LogP contribution in [0.4, 0.5) is 17.1 Å². The van der Waals surface area contributed by atoms with E-state index in [1.807, 2.05) is 30.3 Å². The first-order chi connectivity index (χ1) is 15.9. The summed E-state index contributed by atoms with van der Waals surface area (Å²) in [4.78, 5) is 23.6. The van der Waals surface area contributed by atoms with Crippen molar-refractivity contribution in [2.75, 3.05) is 30.6 Å². The van der Waals surface area contributed by atoms with Gasteiger partial charge in [0.2, 0.25) is 5.91 Å². The number of carbonyl (C=O) groups excluding carboxylic acids is 2. The molecular formula is C25H26N4O4. The minimum atomic E-state index is -0.557. The van der Waals surface area contributed by atoms with Crippen molar-refractivity contribution in [2.45, 2.75) is 6.54 Å². The Hall–Kier alpha value is -4.46. The molecule has 8 nitrogen and oxygen atoms in total. The van der Waals surface area contributed by atoms with Gasteiger partial charge >= 0.3 is 0 Å². The Labute approximate surface area is 192 Å². The molecule has 0 saturated carbocycles. The molecule has 0 aromatic heterocycles. The number of primary amides is 1. The molecule has 3 aromatic rings. The van der Waals surface area contributed by atoms with Gasteiger partial charge in [-0.1, -0.05) is 18.2 Å². The van der Waals surface area contributed by atoms with Gasteiger partial charge in [-0.15, -0.1) is 0 Å².